The molecule has 0 bridgehead atoms. The monoisotopic (exact) mass is 238 g/mol. The number of nitrogens with zero attached hydrogens (tertiary/aromatic N) is 2. The van der Waals surface area contributed by atoms with Crippen LogP contribution < -0.4 is 4.74 Å². The molecule has 0 saturated heterocycles. The lowest BCUT2D eigenvalue weighted by Gasteiger charge is -2.22. The third-order valence-electron chi connectivity index (χ3n) is 2.92. The predicted octanol–water partition coefficient (Wildman–Crippen LogP) is 1.33. The van der Waals surface area contributed by atoms with Crippen LogP contribution in [0.25, 0.3) is 0 Å². The summed E-state index contributed by atoms with van der Waals surface area (Å²) in [6, 6.07) is 0. The minimum atomic E-state index is -0.772. The SMILES string of the molecule is CCOC(C1CC1)C(O)c1nccnc1OC. The van der Waals surface area contributed by atoms with Gasteiger partial charge in [0.1, 0.15) is 11.8 Å². The van der Waals surface area contributed by atoms with Crippen LogP contribution in [0.3, 0.4) is 0 Å². The van der Waals surface area contributed by atoms with E-state index < -0.39 is 6.10 Å². The van der Waals surface area contributed by atoms with Crippen LogP contribution in [0, 0.1) is 5.92 Å². The van der Waals surface area contributed by atoms with Crippen molar-refractivity contribution in [2.75, 3.05) is 13.7 Å². The lowest BCUT2D eigenvalue weighted by Crippen LogP contribution is -2.26. The molecule has 2 rings (SSSR count). The summed E-state index contributed by atoms with van der Waals surface area (Å²) < 4.78 is 10.7. The Bertz CT molecular complexity index is 369. The maximum Gasteiger partial charge on any atom is 0.238 e. The van der Waals surface area contributed by atoms with Crippen molar-refractivity contribution in [1.82, 2.24) is 9.97 Å². The molecule has 5 heteroatoms. The van der Waals surface area contributed by atoms with Crippen molar-refractivity contribution in [3.05, 3.63) is 18.1 Å². The zero-order valence-corrected chi connectivity index (χ0v) is 10.2. The first kappa shape index (κ1) is 12.3. The molecule has 2 unspecified atom stereocenters. The highest BCUT2D eigenvalue weighted by molar-refractivity contribution is 5.21. The highest BCUT2D eigenvalue weighted by Crippen LogP contribution is 2.40. The summed E-state index contributed by atoms with van der Waals surface area (Å²) >= 11 is 0. The second-order valence-electron chi connectivity index (χ2n) is 4.15. The summed E-state index contributed by atoms with van der Waals surface area (Å²) in [5.41, 5.74) is 0.459. The molecule has 0 aromatic carbocycles. The fourth-order valence-electron chi connectivity index (χ4n) is 1.95. The predicted molar refractivity (Wildman–Crippen MR) is 61.7 cm³/mol. The maximum atomic E-state index is 10.3. The van der Waals surface area contributed by atoms with Gasteiger partial charge in [0.2, 0.25) is 5.88 Å². The van der Waals surface area contributed by atoms with E-state index in [1.165, 1.54) is 7.11 Å². The van der Waals surface area contributed by atoms with Crippen LogP contribution in [-0.4, -0.2) is 34.9 Å². The van der Waals surface area contributed by atoms with E-state index in [2.05, 4.69) is 9.97 Å². The summed E-state index contributed by atoms with van der Waals surface area (Å²) in [5, 5.41) is 10.3. The summed E-state index contributed by atoms with van der Waals surface area (Å²) in [6.45, 7) is 2.51. The maximum absolute atomic E-state index is 10.3. The average Bonchev–Trinajstić information content (AvgIpc) is 3.19. The zero-order chi connectivity index (χ0) is 12.3. The van der Waals surface area contributed by atoms with Gasteiger partial charge in [0.05, 0.1) is 13.2 Å². The van der Waals surface area contributed by atoms with E-state index in [4.69, 9.17) is 9.47 Å². The molecular weight excluding hydrogens is 220 g/mol. The number of hydrogen-bond donors (Lipinski definition) is 1. The van der Waals surface area contributed by atoms with E-state index in [1.807, 2.05) is 6.92 Å². The van der Waals surface area contributed by atoms with Crippen LogP contribution in [0.4, 0.5) is 0 Å². The van der Waals surface area contributed by atoms with E-state index in [1.54, 1.807) is 12.4 Å². The van der Waals surface area contributed by atoms with Crippen LogP contribution >= 0.6 is 0 Å². The number of aliphatic hydroxyl groups is 1. The molecule has 1 heterocycles. The van der Waals surface area contributed by atoms with Gasteiger partial charge in [-0.25, -0.2) is 4.98 Å². The number of aromatic nitrogens is 2. The average molecular weight is 238 g/mol. The Hall–Kier alpha value is -1.20. The molecule has 17 heavy (non-hydrogen) atoms. The van der Waals surface area contributed by atoms with Gasteiger partial charge in [-0.2, -0.15) is 0 Å². The molecular formula is C12H18N2O3. The first-order valence-corrected chi connectivity index (χ1v) is 5.92. The second-order valence-corrected chi connectivity index (χ2v) is 4.15. The molecule has 1 saturated carbocycles. The zero-order valence-electron chi connectivity index (χ0n) is 10.2. The quantitative estimate of drug-likeness (QED) is 0.810. The topological polar surface area (TPSA) is 64.5 Å². The number of rotatable bonds is 6. The third-order valence-corrected chi connectivity index (χ3v) is 2.92. The van der Waals surface area contributed by atoms with Gasteiger partial charge in [0.25, 0.3) is 0 Å². The molecule has 94 valence electrons. The van der Waals surface area contributed by atoms with Crippen LogP contribution in [0.1, 0.15) is 31.6 Å². The Kier molecular flexibility index (Phi) is 3.91. The van der Waals surface area contributed by atoms with Crippen molar-refractivity contribution < 1.29 is 14.6 Å². The molecule has 0 radical (unpaired) electrons. The summed E-state index contributed by atoms with van der Waals surface area (Å²) in [5.74, 6) is 0.794. The fraction of sp³-hybridized carbons (Fsp3) is 0.667. The molecule has 0 aliphatic heterocycles. The fourth-order valence-corrected chi connectivity index (χ4v) is 1.95. The van der Waals surface area contributed by atoms with Crippen molar-refractivity contribution in [2.24, 2.45) is 5.92 Å². The van der Waals surface area contributed by atoms with Gasteiger partial charge in [-0.1, -0.05) is 0 Å². The van der Waals surface area contributed by atoms with Crippen molar-refractivity contribution in [3.8, 4) is 5.88 Å². The lowest BCUT2D eigenvalue weighted by atomic mass is 10.1. The van der Waals surface area contributed by atoms with Crippen LogP contribution in [-0.2, 0) is 4.74 Å². The first-order valence-electron chi connectivity index (χ1n) is 5.92. The number of aliphatic hydroxyl groups excluding tert-OH is 1. The number of methoxy groups -OCH3 is 1. The summed E-state index contributed by atoms with van der Waals surface area (Å²) in [7, 11) is 1.52. The Balaban J connectivity index is 2.18. The summed E-state index contributed by atoms with van der Waals surface area (Å²) in [6.07, 6.45) is 4.32. The van der Waals surface area contributed by atoms with Gasteiger partial charge < -0.3 is 14.6 Å². The molecule has 1 aromatic heterocycles. The van der Waals surface area contributed by atoms with Crippen LogP contribution in [0.2, 0.25) is 0 Å². The standard InChI is InChI=1S/C12H18N2O3/c1-3-17-11(8-4-5-8)10(15)9-12(16-2)14-7-6-13-9/h6-8,10-11,15H,3-5H2,1-2H3. The Morgan fingerprint density at radius 1 is 1.41 bits per heavy atom. The lowest BCUT2D eigenvalue weighted by molar-refractivity contribution is -0.0489. The third kappa shape index (κ3) is 2.73. The molecule has 2 atom stereocenters. The Morgan fingerprint density at radius 3 is 2.71 bits per heavy atom. The smallest absolute Gasteiger partial charge is 0.238 e. The van der Waals surface area contributed by atoms with Crippen molar-refractivity contribution in [1.29, 1.82) is 0 Å². The molecule has 1 aliphatic rings. The van der Waals surface area contributed by atoms with Gasteiger partial charge >= 0.3 is 0 Å². The van der Waals surface area contributed by atoms with E-state index in [9.17, 15) is 5.11 Å². The van der Waals surface area contributed by atoms with Gasteiger partial charge in [0, 0.05) is 19.0 Å². The normalized spacial score (nSPS) is 18.8. The first-order chi connectivity index (χ1) is 8.27. The van der Waals surface area contributed by atoms with Gasteiger partial charge in [-0.05, 0) is 25.7 Å². The van der Waals surface area contributed by atoms with Crippen LogP contribution in [0.15, 0.2) is 12.4 Å². The van der Waals surface area contributed by atoms with Gasteiger partial charge in [-0.15, -0.1) is 0 Å². The van der Waals surface area contributed by atoms with E-state index in [0.717, 1.165) is 12.8 Å². The van der Waals surface area contributed by atoms with Gasteiger partial charge in [-0.3, -0.25) is 4.98 Å². The summed E-state index contributed by atoms with van der Waals surface area (Å²) in [4.78, 5) is 8.19. The van der Waals surface area contributed by atoms with E-state index in [0.29, 0.717) is 24.1 Å². The highest BCUT2D eigenvalue weighted by Gasteiger charge is 2.39. The molecule has 1 N–H and O–H groups in total. The van der Waals surface area contributed by atoms with Crippen molar-refractivity contribution in [2.45, 2.75) is 32.0 Å². The minimum absolute atomic E-state index is 0.203. The molecule has 1 aliphatic carbocycles. The van der Waals surface area contributed by atoms with Crippen LogP contribution in [0.5, 0.6) is 5.88 Å². The molecule has 0 amide bonds. The van der Waals surface area contributed by atoms with Crippen molar-refractivity contribution >= 4 is 0 Å². The Labute approximate surface area is 101 Å². The molecule has 5 nitrogen and oxygen atoms in total. The number of hydrogen-bond acceptors (Lipinski definition) is 5. The second kappa shape index (κ2) is 5.42. The van der Waals surface area contributed by atoms with Gasteiger partial charge in [0.15, 0.2) is 0 Å². The largest absolute Gasteiger partial charge is 0.480 e. The van der Waals surface area contributed by atoms with E-state index >= 15 is 0 Å². The highest BCUT2D eigenvalue weighted by atomic mass is 16.5. The molecule has 1 aromatic rings. The molecule has 0 spiro atoms. The number of ether oxygens (including phenoxy) is 2. The minimum Gasteiger partial charge on any atom is -0.480 e. The van der Waals surface area contributed by atoms with E-state index in [-0.39, 0.29) is 6.10 Å². The molecule has 1 fully saturated rings. The van der Waals surface area contributed by atoms with Crippen molar-refractivity contribution in [3.63, 3.8) is 0 Å². The Morgan fingerprint density at radius 2 is 2.12 bits per heavy atom.